The SMILES string of the molecule is CCCNS(=O)(=O)C(C)(C)c1ccc(-c2ccc(C)cc2)cc1. The average molecular weight is 331 g/mol. The maximum Gasteiger partial charge on any atom is 0.221 e. The normalized spacial score (nSPS) is 12.3. The fraction of sp³-hybridized carbons (Fsp3) is 0.368. The molecule has 0 fully saturated rings. The molecule has 0 unspecified atom stereocenters. The van der Waals surface area contributed by atoms with Gasteiger partial charge in [-0.2, -0.15) is 0 Å². The van der Waals surface area contributed by atoms with E-state index in [9.17, 15) is 8.42 Å². The Morgan fingerprint density at radius 1 is 0.913 bits per heavy atom. The molecule has 0 aromatic heterocycles. The summed E-state index contributed by atoms with van der Waals surface area (Å²) in [5, 5.41) is 0. The molecule has 0 spiro atoms. The molecule has 2 aromatic rings. The molecule has 0 aliphatic rings. The van der Waals surface area contributed by atoms with Crippen molar-refractivity contribution in [2.24, 2.45) is 0 Å². The molecule has 0 radical (unpaired) electrons. The molecule has 0 aliphatic carbocycles. The van der Waals surface area contributed by atoms with Gasteiger partial charge in [0, 0.05) is 6.54 Å². The number of hydrogen-bond acceptors (Lipinski definition) is 2. The van der Waals surface area contributed by atoms with Crippen molar-refractivity contribution in [3.63, 3.8) is 0 Å². The van der Waals surface area contributed by atoms with Crippen LogP contribution < -0.4 is 4.72 Å². The molecule has 23 heavy (non-hydrogen) atoms. The summed E-state index contributed by atoms with van der Waals surface area (Å²) in [5.41, 5.74) is 4.23. The molecule has 0 amide bonds. The van der Waals surface area contributed by atoms with Gasteiger partial charge in [-0.15, -0.1) is 0 Å². The highest BCUT2D eigenvalue weighted by atomic mass is 32.2. The van der Waals surface area contributed by atoms with E-state index in [1.165, 1.54) is 5.56 Å². The molecule has 3 nitrogen and oxygen atoms in total. The van der Waals surface area contributed by atoms with Crippen LogP contribution >= 0.6 is 0 Å². The van der Waals surface area contributed by atoms with Crippen LogP contribution in [0.5, 0.6) is 0 Å². The number of aryl methyl sites for hydroxylation is 1. The van der Waals surface area contributed by atoms with Crippen molar-refractivity contribution in [2.75, 3.05) is 6.54 Å². The van der Waals surface area contributed by atoms with Crippen molar-refractivity contribution in [2.45, 2.75) is 38.9 Å². The molecule has 2 rings (SSSR count). The van der Waals surface area contributed by atoms with Crippen LogP contribution in [-0.4, -0.2) is 15.0 Å². The second-order valence-electron chi connectivity index (χ2n) is 6.35. The van der Waals surface area contributed by atoms with Gasteiger partial charge in [-0.25, -0.2) is 13.1 Å². The van der Waals surface area contributed by atoms with E-state index < -0.39 is 14.8 Å². The van der Waals surface area contributed by atoms with Gasteiger partial charge in [-0.05, 0) is 43.9 Å². The highest BCUT2D eigenvalue weighted by molar-refractivity contribution is 7.90. The fourth-order valence-electron chi connectivity index (χ4n) is 2.38. The first-order valence-electron chi connectivity index (χ1n) is 7.94. The zero-order valence-corrected chi connectivity index (χ0v) is 15.1. The molecule has 0 atom stereocenters. The Bertz CT molecular complexity index is 745. The Kier molecular flexibility index (Phi) is 5.27. The third-order valence-electron chi connectivity index (χ3n) is 4.18. The van der Waals surface area contributed by atoms with Crippen LogP contribution in [0, 0.1) is 6.92 Å². The Hall–Kier alpha value is -1.65. The lowest BCUT2D eigenvalue weighted by atomic mass is 9.98. The Balaban J connectivity index is 2.29. The van der Waals surface area contributed by atoms with E-state index in [1.54, 1.807) is 13.8 Å². The maximum atomic E-state index is 12.5. The van der Waals surface area contributed by atoms with Gasteiger partial charge in [0.25, 0.3) is 0 Å². The van der Waals surface area contributed by atoms with Crippen LogP contribution in [0.25, 0.3) is 11.1 Å². The molecule has 0 saturated heterocycles. The van der Waals surface area contributed by atoms with Crippen LogP contribution in [0.4, 0.5) is 0 Å². The predicted octanol–water partition coefficient (Wildman–Crippen LogP) is 4.23. The topological polar surface area (TPSA) is 46.2 Å². The summed E-state index contributed by atoms with van der Waals surface area (Å²) in [6.07, 6.45) is 0.779. The fourth-order valence-corrected chi connectivity index (χ4v) is 3.66. The second kappa shape index (κ2) is 6.85. The summed E-state index contributed by atoms with van der Waals surface area (Å²) in [5.74, 6) is 0. The van der Waals surface area contributed by atoms with Crippen molar-refractivity contribution in [1.29, 1.82) is 0 Å². The molecule has 0 aliphatic heterocycles. The van der Waals surface area contributed by atoms with Crippen molar-refractivity contribution in [3.05, 3.63) is 59.7 Å². The summed E-state index contributed by atoms with van der Waals surface area (Å²) in [6.45, 7) is 7.96. The molecule has 2 aromatic carbocycles. The van der Waals surface area contributed by atoms with Crippen molar-refractivity contribution < 1.29 is 8.42 Å². The van der Waals surface area contributed by atoms with Gasteiger partial charge in [0.15, 0.2) is 0 Å². The second-order valence-corrected chi connectivity index (χ2v) is 8.67. The van der Waals surface area contributed by atoms with E-state index in [0.717, 1.165) is 23.1 Å². The first-order valence-corrected chi connectivity index (χ1v) is 9.43. The van der Waals surface area contributed by atoms with Crippen LogP contribution in [0.1, 0.15) is 38.3 Å². The molecule has 0 heterocycles. The lowest BCUT2D eigenvalue weighted by Crippen LogP contribution is -2.39. The lowest BCUT2D eigenvalue weighted by Gasteiger charge is -2.26. The monoisotopic (exact) mass is 331 g/mol. The molecule has 1 N–H and O–H groups in total. The Morgan fingerprint density at radius 3 is 1.87 bits per heavy atom. The minimum Gasteiger partial charge on any atom is -0.214 e. The van der Waals surface area contributed by atoms with Gasteiger partial charge in [-0.1, -0.05) is 61.0 Å². The van der Waals surface area contributed by atoms with Gasteiger partial charge < -0.3 is 0 Å². The first-order chi connectivity index (χ1) is 10.8. The predicted molar refractivity (Wildman–Crippen MR) is 96.9 cm³/mol. The number of rotatable bonds is 6. The number of sulfonamides is 1. The van der Waals surface area contributed by atoms with Crippen LogP contribution in [0.3, 0.4) is 0 Å². The van der Waals surface area contributed by atoms with Crippen molar-refractivity contribution in [3.8, 4) is 11.1 Å². The molecule has 0 bridgehead atoms. The number of benzene rings is 2. The van der Waals surface area contributed by atoms with E-state index in [-0.39, 0.29) is 0 Å². The van der Waals surface area contributed by atoms with Gasteiger partial charge in [0.05, 0.1) is 0 Å². The van der Waals surface area contributed by atoms with Gasteiger partial charge in [-0.3, -0.25) is 0 Å². The van der Waals surface area contributed by atoms with Crippen molar-refractivity contribution in [1.82, 2.24) is 4.72 Å². The Labute approximate surface area is 139 Å². The van der Waals surface area contributed by atoms with E-state index in [4.69, 9.17) is 0 Å². The number of nitrogens with one attached hydrogen (secondary N) is 1. The Morgan fingerprint density at radius 2 is 1.39 bits per heavy atom. The third kappa shape index (κ3) is 3.82. The van der Waals surface area contributed by atoms with Gasteiger partial charge in [0.1, 0.15) is 4.75 Å². The average Bonchev–Trinajstić information content (AvgIpc) is 2.53. The van der Waals surface area contributed by atoms with Gasteiger partial charge in [0.2, 0.25) is 10.0 Å². The first kappa shape index (κ1) is 17.7. The molecular formula is C19H25NO2S. The van der Waals surface area contributed by atoms with Crippen LogP contribution in [-0.2, 0) is 14.8 Å². The van der Waals surface area contributed by atoms with E-state index in [2.05, 4.69) is 35.9 Å². The third-order valence-corrected chi connectivity index (χ3v) is 6.34. The zero-order valence-electron chi connectivity index (χ0n) is 14.3. The molecular weight excluding hydrogens is 306 g/mol. The summed E-state index contributed by atoms with van der Waals surface area (Å²) in [4.78, 5) is 0. The standard InChI is InChI=1S/C19H25NO2S/c1-5-14-20-23(21,22)19(3,4)18-12-10-17(11-13-18)16-8-6-15(2)7-9-16/h6-13,20H,5,14H2,1-4H3. The minimum atomic E-state index is -3.41. The highest BCUT2D eigenvalue weighted by Crippen LogP contribution is 2.30. The summed E-state index contributed by atoms with van der Waals surface area (Å²) < 4.78 is 26.7. The quantitative estimate of drug-likeness (QED) is 0.861. The minimum absolute atomic E-state index is 0.465. The van der Waals surface area contributed by atoms with Crippen molar-refractivity contribution >= 4 is 10.0 Å². The summed E-state index contributed by atoms with van der Waals surface area (Å²) in [6, 6.07) is 16.1. The van der Waals surface area contributed by atoms with E-state index in [1.807, 2.05) is 31.2 Å². The highest BCUT2D eigenvalue weighted by Gasteiger charge is 2.35. The van der Waals surface area contributed by atoms with Crippen LogP contribution in [0.15, 0.2) is 48.5 Å². The molecule has 124 valence electrons. The maximum absolute atomic E-state index is 12.5. The summed E-state index contributed by atoms with van der Waals surface area (Å²) >= 11 is 0. The van der Waals surface area contributed by atoms with Crippen LogP contribution in [0.2, 0.25) is 0 Å². The lowest BCUT2D eigenvalue weighted by molar-refractivity contribution is 0.539. The molecule has 4 heteroatoms. The van der Waals surface area contributed by atoms with E-state index >= 15 is 0 Å². The smallest absolute Gasteiger partial charge is 0.214 e. The van der Waals surface area contributed by atoms with E-state index in [0.29, 0.717) is 6.54 Å². The zero-order chi connectivity index (χ0) is 17.1. The molecule has 0 saturated carbocycles. The largest absolute Gasteiger partial charge is 0.221 e. The number of hydrogen-bond donors (Lipinski definition) is 1. The summed E-state index contributed by atoms with van der Waals surface area (Å²) in [7, 11) is -3.41. The van der Waals surface area contributed by atoms with Gasteiger partial charge >= 0.3 is 0 Å².